The highest BCUT2D eigenvalue weighted by Gasteiger charge is 2.09. The number of anilines is 2. The fraction of sp³-hybridized carbons (Fsp3) is 0.462. The van der Waals surface area contributed by atoms with Gasteiger partial charge in [-0.15, -0.1) is 0 Å². The van der Waals surface area contributed by atoms with E-state index in [9.17, 15) is 4.79 Å². The van der Waals surface area contributed by atoms with Crippen molar-refractivity contribution in [1.82, 2.24) is 4.90 Å². The van der Waals surface area contributed by atoms with Gasteiger partial charge in [-0.3, -0.25) is 4.79 Å². The Morgan fingerprint density at radius 2 is 1.89 bits per heavy atom. The number of amides is 1. The molecule has 1 rings (SSSR count). The van der Waals surface area contributed by atoms with Crippen LogP contribution in [0.15, 0.2) is 18.2 Å². The number of hydrogen-bond donors (Lipinski definition) is 2. The van der Waals surface area contributed by atoms with Crippen molar-refractivity contribution >= 4 is 17.3 Å². The molecule has 5 heteroatoms. The van der Waals surface area contributed by atoms with Crippen LogP contribution < -0.4 is 16.4 Å². The summed E-state index contributed by atoms with van der Waals surface area (Å²) in [7, 11) is 6.05. The summed E-state index contributed by atoms with van der Waals surface area (Å²) < 4.78 is 0. The van der Waals surface area contributed by atoms with E-state index in [2.05, 4.69) is 4.90 Å². The minimum Gasteiger partial charge on any atom is -0.397 e. The summed E-state index contributed by atoms with van der Waals surface area (Å²) >= 11 is 0. The third-order valence-electron chi connectivity index (χ3n) is 2.83. The highest BCUT2D eigenvalue weighted by Crippen LogP contribution is 2.23. The first-order valence-corrected chi connectivity index (χ1v) is 5.97. The van der Waals surface area contributed by atoms with Gasteiger partial charge in [-0.1, -0.05) is 0 Å². The van der Waals surface area contributed by atoms with Gasteiger partial charge in [0.1, 0.15) is 0 Å². The molecule has 0 saturated heterocycles. The van der Waals surface area contributed by atoms with Gasteiger partial charge in [0.25, 0.3) is 0 Å². The molecule has 0 aromatic heterocycles. The van der Waals surface area contributed by atoms with Crippen LogP contribution in [0.25, 0.3) is 0 Å². The Labute approximate surface area is 108 Å². The van der Waals surface area contributed by atoms with Gasteiger partial charge in [0.15, 0.2) is 0 Å². The van der Waals surface area contributed by atoms with Gasteiger partial charge in [-0.25, -0.2) is 0 Å². The highest BCUT2D eigenvalue weighted by molar-refractivity contribution is 5.95. The summed E-state index contributed by atoms with van der Waals surface area (Å²) in [4.78, 5) is 15.3. The van der Waals surface area contributed by atoms with E-state index in [1.165, 1.54) is 0 Å². The number of hydrogen-bond acceptors (Lipinski definition) is 4. The van der Waals surface area contributed by atoms with Crippen LogP contribution in [0.5, 0.6) is 0 Å². The number of nitrogen functional groups attached to an aromatic ring is 1. The van der Waals surface area contributed by atoms with Crippen LogP contribution in [0.2, 0.25) is 0 Å². The summed E-state index contributed by atoms with van der Waals surface area (Å²) in [6.45, 7) is 1.89. The molecule has 100 valence electrons. The average Bonchev–Trinajstić information content (AvgIpc) is 2.28. The molecule has 0 radical (unpaired) electrons. The van der Waals surface area contributed by atoms with E-state index < -0.39 is 5.91 Å². The molecule has 0 unspecified atom stereocenters. The minimum atomic E-state index is -0.432. The molecule has 0 aliphatic heterocycles. The minimum absolute atomic E-state index is 0.432. The van der Waals surface area contributed by atoms with E-state index in [1.54, 1.807) is 18.2 Å². The number of primary amides is 1. The van der Waals surface area contributed by atoms with Crippen molar-refractivity contribution in [3.63, 3.8) is 0 Å². The molecule has 1 aromatic carbocycles. The van der Waals surface area contributed by atoms with Gasteiger partial charge >= 0.3 is 0 Å². The lowest BCUT2D eigenvalue weighted by molar-refractivity contribution is 0.100. The topological polar surface area (TPSA) is 75.6 Å². The first-order chi connectivity index (χ1) is 8.41. The number of carbonyl (C=O) groups excluding carboxylic acids is 1. The largest absolute Gasteiger partial charge is 0.397 e. The van der Waals surface area contributed by atoms with E-state index in [1.807, 2.05) is 26.0 Å². The average molecular weight is 250 g/mol. The van der Waals surface area contributed by atoms with E-state index in [4.69, 9.17) is 11.5 Å². The molecule has 0 aliphatic rings. The summed E-state index contributed by atoms with van der Waals surface area (Å²) in [5, 5.41) is 0. The van der Waals surface area contributed by atoms with Gasteiger partial charge in [-0.2, -0.15) is 0 Å². The Bertz CT molecular complexity index is 417. The number of benzene rings is 1. The van der Waals surface area contributed by atoms with Crippen LogP contribution in [0.1, 0.15) is 16.8 Å². The zero-order valence-electron chi connectivity index (χ0n) is 11.3. The number of nitrogens with two attached hydrogens (primary N) is 2. The maximum absolute atomic E-state index is 11.1. The Hall–Kier alpha value is -1.75. The fourth-order valence-electron chi connectivity index (χ4n) is 1.77. The predicted octanol–water partition coefficient (Wildman–Crippen LogP) is 0.756. The summed E-state index contributed by atoms with van der Waals surface area (Å²) in [6, 6.07) is 5.11. The fourth-order valence-corrected chi connectivity index (χ4v) is 1.77. The second-order valence-electron chi connectivity index (χ2n) is 4.72. The van der Waals surface area contributed by atoms with Crippen LogP contribution in [0, 0.1) is 0 Å². The second-order valence-corrected chi connectivity index (χ2v) is 4.72. The molecule has 0 heterocycles. The molecule has 18 heavy (non-hydrogen) atoms. The normalized spacial score (nSPS) is 10.7. The molecule has 0 atom stereocenters. The van der Waals surface area contributed by atoms with Crippen LogP contribution in [-0.2, 0) is 0 Å². The predicted molar refractivity (Wildman–Crippen MR) is 75.8 cm³/mol. The lowest BCUT2D eigenvalue weighted by Crippen LogP contribution is -2.24. The molecular weight excluding hydrogens is 228 g/mol. The Morgan fingerprint density at radius 3 is 2.44 bits per heavy atom. The second kappa shape index (κ2) is 6.26. The first-order valence-electron chi connectivity index (χ1n) is 5.97. The number of carbonyl (C=O) groups is 1. The standard InChI is InChI=1S/C13H22N4O/c1-16(2)7-4-8-17(3)12-9-10(13(15)18)5-6-11(12)14/h5-6,9H,4,7-8,14H2,1-3H3,(H2,15,18). The van der Waals surface area contributed by atoms with E-state index in [0.29, 0.717) is 11.3 Å². The van der Waals surface area contributed by atoms with Gasteiger partial charge in [0.2, 0.25) is 5.91 Å². The Balaban J connectivity index is 2.74. The summed E-state index contributed by atoms with van der Waals surface area (Å²) in [5.74, 6) is -0.432. The molecule has 0 aliphatic carbocycles. The van der Waals surface area contributed by atoms with Crippen molar-refractivity contribution in [2.24, 2.45) is 5.73 Å². The van der Waals surface area contributed by atoms with Crippen molar-refractivity contribution in [1.29, 1.82) is 0 Å². The maximum Gasteiger partial charge on any atom is 0.248 e. The molecule has 0 fully saturated rings. The highest BCUT2D eigenvalue weighted by atomic mass is 16.1. The summed E-state index contributed by atoms with van der Waals surface area (Å²) in [5.41, 5.74) is 13.2. The molecule has 1 aromatic rings. The third kappa shape index (κ3) is 3.92. The molecule has 0 spiro atoms. The number of nitrogens with zero attached hydrogens (tertiary/aromatic N) is 2. The van der Waals surface area contributed by atoms with Crippen LogP contribution >= 0.6 is 0 Å². The van der Waals surface area contributed by atoms with Gasteiger partial charge in [0.05, 0.1) is 11.4 Å². The van der Waals surface area contributed by atoms with Gasteiger partial charge < -0.3 is 21.3 Å². The van der Waals surface area contributed by atoms with E-state index in [-0.39, 0.29) is 0 Å². The smallest absolute Gasteiger partial charge is 0.248 e. The van der Waals surface area contributed by atoms with Crippen LogP contribution in [-0.4, -0.2) is 45.0 Å². The molecule has 1 amide bonds. The monoisotopic (exact) mass is 250 g/mol. The van der Waals surface area contributed by atoms with Crippen molar-refractivity contribution in [2.45, 2.75) is 6.42 Å². The molecule has 0 bridgehead atoms. The third-order valence-corrected chi connectivity index (χ3v) is 2.83. The maximum atomic E-state index is 11.1. The lowest BCUT2D eigenvalue weighted by Gasteiger charge is -2.22. The molecule has 0 saturated carbocycles. The lowest BCUT2D eigenvalue weighted by atomic mass is 10.1. The van der Waals surface area contributed by atoms with Crippen molar-refractivity contribution in [3.8, 4) is 0 Å². The quantitative estimate of drug-likeness (QED) is 0.731. The zero-order valence-corrected chi connectivity index (χ0v) is 11.3. The summed E-state index contributed by atoms with van der Waals surface area (Å²) in [6.07, 6.45) is 1.03. The zero-order chi connectivity index (χ0) is 13.7. The Kier molecular flexibility index (Phi) is 4.97. The molecular formula is C13H22N4O. The molecule has 4 N–H and O–H groups in total. The number of rotatable bonds is 6. The van der Waals surface area contributed by atoms with E-state index in [0.717, 1.165) is 25.2 Å². The van der Waals surface area contributed by atoms with Crippen molar-refractivity contribution < 1.29 is 4.79 Å². The van der Waals surface area contributed by atoms with Crippen molar-refractivity contribution in [2.75, 3.05) is 44.9 Å². The van der Waals surface area contributed by atoms with E-state index >= 15 is 0 Å². The van der Waals surface area contributed by atoms with Crippen LogP contribution in [0.3, 0.4) is 0 Å². The first kappa shape index (κ1) is 14.3. The van der Waals surface area contributed by atoms with Crippen LogP contribution in [0.4, 0.5) is 11.4 Å². The molecule has 5 nitrogen and oxygen atoms in total. The van der Waals surface area contributed by atoms with Crippen molar-refractivity contribution in [3.05, 3.63) is 23.8 Å². The SMILES string of the molecule is CN(C)CCCN(C)c1cc(C(N)=O)ccc1N. The van der Waals surface area contributed by atoms with Gasteiger partial charge in [0, 0.05) is 19.2 Å². The Morgan fingerprint density at radius 1 is 1.22 bits per heavy atom. The van der Waals surface area contributed by atoms with Gasteiger partial charge in [-0.05, 0) is 45.3 Å².